The monoisotopic (exact) mass is 513 g/mol. The summed E-state index contributed by atoms with van der Waals surface area (Å²) in [5.41, 5.74) is 2.37. The van der Waals surface area contributed by atoms with E-state index in [0.29, 0.717) is 18.0 Å². The van der Waals surface area contributed by atoms with Gasteiger partial charge in [0.05, 0.1) is 0 Å². The van der Waals surface area contributed by atoms with Gasteiger partial charge in [-0.05, 0) is 79.3 Å². The summed E-state index contributed by atoms with van der Waals surface area (Å²) in [4.78, 5) is 26.5. The maximum absolute atomic E-state index is 13.3. The molecule has 3 aliphatic rings. The van der Waals surface area contributed by atoms with Crippen molar-refractivity contribution in [3.8, 4) is 0 Å². The van der Waals surface area contributed by atoms with Gasteiger partial charge in [0.25, 0.3) is 0 Å². The number of urea groups is 1. The number of carbonyl (C=O) groups excluding carboxylic acids is 2. The minimum absolute atomic E-state index is 0.00449. The number of benzene rings is 2. The standard InChI is InChI=1S/C28H33Cl2N3O2/c1-17-7-12-21(24(30)15-17)22-13-14-28(33-27(35)32-20-5-3-2-4-6-20)23(16-31-26(28)34)25(22)18-8-10-19(29)11-9-18/h7-12,15,20,22-23,25H,2-6,13-14,16H2,1H3,(H,31,34)(H2,32,33,35)/t22-,23-,25-,28-/m0/s1. The smallest absolute Gasteiger partial charge is 0.315 e. The Balaban J connectivity index is 1.49. The predicted octanol–water partition coefficient (Wildman–Crippen LogP) is 6.08. The van der Waals surface area contributed by atoms with Gasteiger partial charge in [0.15, 0.2) is 0 Å². The van der Waals surface area contributed by atoms with Crippen LogP contribution in [0.15, 0.2) is 42.5 Å². The van der Waals surface area contributed by atoms with E-state index in [0.717, 1.165) is 53.8 Å². The SMILES string of the molecule is Cc1ccc([C@@H]2CC[C@@]3(NC(=O)NC4CCCCC4)C(=O)NC[C@H]3[C@H]2c2ccc(Cl)cc2)c(Cl)c1. The van der Waals surface area contributed by atoms with Crippen LogP contribution >= 0.6 is 23.2 Å². The van der Waals surface area contributed by atoms with Gasteiger partial charge < -0.3 is 16.0 Å². The second kappa shape index (κ2) is 10.0. The summed E-state index contributed by atoms with van der Waals surface area (Å²) in [7, 11) is 0. The van der Waals surface area contributed by atoms with Crippen molar-refractivity contribution in [2.75, 3.05) is 6.54 Å². The first-order valence-corrected chi connectivity index (χ1v) is 13.5. The molecule has 35 heavy (non-hydrogen) atoms. The topological polar surface area (TPSA) is 70.2 Å². The highest BCUT2D eigenvalue weighted by Crippen LogP contribution is 2.54. The first-order chi connectivity index (χ1) is 16.9. The lowest BCUT2D eigenvalue weighted by Crippen LogP contribution is -2.63. The molecule has 2 aromatic carbocycles. The highest BCUT2D eigenvalue weighted by atomic mass is 35.5. The van der Waals surface area contributed by atoms with Crippen molar-refractivity contribution in [2.24, 2.45) is 5.92 Å². The Hall–Kier alpha value is -2.24. The highest BCUT2D eigenvalue weighted by molar-refractivity contribution is 6.31. The van der Waals surface area contributed by atoms with Gasteiger partial charge in [-0.1, -0.05) is 66.7 Å². The van der Waals surface area contributed by atoms with Crippen LogP contribution < -0.4 is 16.0 Å². The third kappa shape index (κ3) is 4.77. The number of hydrogen-bond acceptors (Lipinski definition) is 2. The molecule has 3 amide bonds. The van der Waals surface area contributed by atoms with E-state index in [2.05, 4.69) is 28.1 Å². The van der Waals surface area contributed by atoms with Crippen LogP contribution in [0.5, 0.6) is 0 Å². The van der Waals surface area contributed by atoms with Crippen LogP contribution in [0.2, 0.25) is 10.0 Å². The number of nitrogens with one attached hydrogen (secondary N) is 3. The number of aryl methyl sites for hydroxylation is 1. The first kappa shape index (κ1) is 24.5. The Bertz CT molecular complexity index is 1100. The predicted molar refractivity (Wildman–Crippen MR) is 140 cm³/mol. The molecule has 186 valence electrons. The van der Waals surface area contributed by atoms with Crippen LogP contribution in [0.25, 0.3) is 0 Å². The summed E-state index contributed by atoms with van der Waals surface area (Å²) in [5.74, 6) is -0.0772. The van der Waals surface area contributed by atoms with Crippen LogP contribution in [0.4, 0.5) is 4.79 Å². The quantitative estimate of drug-likeness (QED) is 0.463. The van der Waals surface area contributed by atoms with Crippen molar-refractivity contribution in [3.05, 3.63) is 69.2 Å². The molecule has 0 bridgehead atoms. The zero-order chi connectivity index (χ0) is 24.6. The average molecular weight is 514 g/mol. The summed E-state index contributed by atoms with van der Waals surface area (Å²) in [5, 5.41) is 10.8. The highest BCUT2D eigenvalue weighted by Gasteiger charge is 2.58. The molecule has 5 nitrogen and oxygen atoms in total. The van der Waals surface area contributed by atoms with Crippen LogP contribution in [0, 0.1) is 12.8 Å². The summed E-state index contributed by atoms with van der Waals surface area (Å²) in [6, 6.07) is 14.0. The normalized spacial score (nSPS) is 28.8. The zero-order valence-electron chi connectivity index (χ0n) is 20.1. The fourth-order valence-electron chi connectivity index (χ4n) is 6.59. The van der Waals surface area contributed by atoms with Gasteiger partial charge in [-0.15, -0.1) is 0 Å². The van der Waals surface area contributed by atoms with E-state index >= 15 is 0 Å². The molecule has 2 saturated carbocycles. The molecule has 0 spiro atoms. The number of amides is 3. The van der Waals surface area contributed by atoms with Gasteiger partial charge in [0, 0.05) is 28.5 Å². The molecule has 3 fully saturated rings. The molecule has 3 N–H and O–H groups in total. The number of halogens is 2. The van der Waals surface area contributed by atoms with Crippen LogP contribution in [-0.4, -0.2) is 30.1 Å². The molecular weight excluding hydrogens is 481 g/mol. The molecule has 5 rings (SSSR count). The lowest BCUT2D eigenvalue weighted by atomic mass is 9.60. The first-order valence-electron chi connectivity index (χ1n) is 12.8. The molecule has 1 aliphatic heterocycles. The van der Waals surface area contributed by atoms with Crippen molar-refractivity contribution in [1.29, 1.82) is 0 Å². The fourth-order valence-corrected chi connectivity index (χ4v) is 7.09. The Morgan fingerprint density at radius 1 is 1.03 bits per heavy atom. The fraction of sp³-hybridized carbons (Fsp3) is 0.500. The van der Waals surface area contributed by atoms with E-state index in [1.165, 1.54) is 6.42 Å². The van der Waals surface area contributed by atoms with Gasteiger partial charge in [0.2, 0.25) is 5.91 Å². The molecule has 1 heterocycles. The maximum atomic E-state index is 13.3. The molecule has 0 radical (unpaired) electrons. The lowest BCUT2D eigenvalue weighted by Gasteiger charge is -2.47. The average Bonchev–Trinajstić information content (AvgIpc) is 3.16. The Morgan fingerprint density at radius 3 is 2.49 bits per heavy atom. The number of hydrogen-bond donors (Lipinski definition) is 3. The number of carbonyl (C=O) groups is 2. The van der Waals surface area contributed by atoms with Gasteiger partial charge in [-0.3, -0.25) is 4.79 Å². The summed E-state index contributed by atoms with van der Waals surface area (Å²) in [6.45, 7) is 2.54. The molecule has 7 heteroatoms. The van der Waals surface area contributed by atoms with E-state index in [1.807, 2.05) is 37.3 Å². The lowest BCUT2D eigenvalue weighted by molar-refractivity contribution is -0.126. The minimum atomic E-state index is -0.948. The molecule has 2 aliphatic carbocycles. The second-order valence-electron chi connectivity index (χ2n) is 10.5. The molecular formula is C28H33Cl2N3O2. The largest absolute Gasteiger partial charge is 0.354 e. The van der Waals surface area contributed by atoms with Crippen LogP contribution in [-0.2, 0) is 4.79 Å². The van der Waals surface area contributed by atoms with Gasteiger partial charge >= 0.3 is 6.03 Å². The Kier molecular flexibility index (Phi) is 7.00. The van der Waals surface area contributed by atoms with E-state index in [4.69, 9.17) is 23.2 Å². The van der Waals surface area contributed by atoms with Gasteiger partial charge in [-0.25, -0.2) is 4.79 Å². The Morgan fingerprint density at radius 2 is 1.77 bits per heavy atom. The van der Waals surface area contributed by atoms with Gasteiger partial charge in [0.1, 0.15) is 5.54 Å². The van der Waals surface area contributed by atoms with Crippen molar-refractivity contribution >= 4 is 35.1 Å². The third-order valence-corrected chi connectivity index (χ3v) is 8.90. The zero-order valence-corrected chi connectivity index (χ0v) is 21.6. The second-order valence-corrected chi connectivity index (χ2v) is 11.3. The van der Waals surface area contributed by atoms with Crippen LogP contribution in [0.3, 0.4) is 0 Å². The molecule has 0 aromatic heterocycles. The molecule has 4 atom stereocenters. The van der Waals surface area contributed by atoms with Crippen molar-refractivity contribution in [2.45, 2.75) is 75.3 Å². The van der Waals surface area contributed by atoms with Gasteiger partial charge in [-0.2, -0.15) is 0 Å². The van der Waals surface area contributed by atoms with E-state index in [1.54, 1.807) is 0 Å². The molecule has 0 unspecified atom stereocenters. The third-order valence-electron chi connectivity index (χ3n) is 8.32. The number of fused-ring (bicyclic) bond motifs is 1. The van der Waals surface area contributed by atoms with E-state index in [-0.39, 0.29) is 35.7 Å². The minimum Gasteiger partial charge on any atom is -0.354 e. The molecule has 1 saturated heterocycles. The number of rotatable bonds is 4. The van der Waals surface area contributed by atoms with E-state index < -0.39 is 5.54 Å². The molecule has 2 aromatic rings. The van der Waals surface area contributed by atoms with Crippen molar-refractivity contribution < 1.29 is 9.59 Å². The summed E-state index contributed by atoms with van der Waals surface area (Å²) < 4.78 is 0. The Labute approximate surface area is 217 Å². The summed E-state index contributed by atoms with van der Waals surface area (Å²) >= 11 is 13.0. The summed E-state index contributed by atoms with van der Waals surface area (Å²) in [6.07, 6.45) is 6.80. The van der Waals surface area contributed by atoms with Crippen LogP contribution in [0.1, 0.15) is 73.5 Å². The maximum Gasteiger partial charge on any atom is 0.315 e. The van der Waals surface area contributed by atoms with Crippen molar-refractivity contribution in [1.82, 2.24) is 16.0 Å². The van der Waals surface area contributed by atoms with E-state index in [9.17, 15) is 9.59 Å². The van der Waals surface area contributed by atoms with Crippen molar-refractivity contribution in [3.63, 3.8) is 0 Å².